The Morgan fingerprint density at radius 2 is 2.08 bits per heavy atom. The summed E-state index contributed by atoms with van der Waals surface area (Å²) in [7, 11) is -10.2. The zero-order valence-electron chi connectivity index (χ0n) is 13.0. The fourth-order valence-corrected chi connectivity index (χ4v) is 4.18. The van der Waals surface area contributed by atoms with E-state index in [1.54, 1.807) is 16.8 Å². The number of aromatic nitrogens is 3. The van der Waals surface area contributed by atoms with Crippen molar-refractivity contribution < 1.29 is 42.5 Å². The Labute approximate surface area is 146 Å². The molecule has 2 aromatic rings. The van der Waals surface area contributed by atoms with E-state index >= 15 is 0 Å². The van der Waals surface area contributed by atoms with Gasteiger partial charge in [0.1, 0.15) is 30.1 Å². The highest BCUT2D eigenvalue weighted by molar-refractivity contribution is 7.60. The minimum Gasteiger partial charge on any atom is -0.390 e. The van der Waals surface area contributed by atoms with Crippen LogP contribution >= 0.6 is 15.6 Å². The Hall–Kier alpha value is -1.40. The molecule has 0 aliphatic carbocycles. The molecule has 1 aliphatic rings. The lowest BCUT2D eigenvalue weighted by molar-refractivity contribution is -0.0421. The number of aliphatic hydroxyl groups excluding tert-OH is 1. The zero-order valence-corrected chi connectivity index (χ0v) is 14.8. The lowest BCUT2D eigenvalue weighted by Crippen LogP contribution is -2.26. The third-order valence-corrected chi connectivity index (χ3v) is 5.82. The SMILES string of the molecule is Nc1ncnc2c1ccn2[C@H]1C[C@H](O)[C@@H](COP(=O)(O)OP(=O)(O)O)O1. The number of rotatable bonds is 6. The summed E-state index contributed by atoms with van der Waals surface area (Å²) in [5.74, 6) is 0.281. The van der Waals surface area contributed by atoms with E-state index in [1.807, 2.05) is 0 Å². The third-order valence-electron chi connectivity index (χ3n) is 3.67. The molecule has 1 fully saturated rings. The first-order valence-corrected chi connectivity index (χ1v) is 10.2. The molecule has 13 nitrogen and oxygen atoms in total. The monoisotopic (exact) mass is 410 g/mol. The van der Waals surface area contributed by atoms with Gasteiger partial charge in [-0.05, 0) is 6.07 Å². The molecule has 1 saturated heterocycles. The van der Waals surface area contributed by atoms with Crippen molar-refractivity contribution in [3.05, 3.63) is 18.6 Å². The summed E-state index contributed by atoms with van der Waals surface area (Å²) < 4.78 is 37.5. The van der Waals surface area contributed by atoms with Crippen LogP contribution < -0.4 is 5.73 Å². The van der Waals surface area contributed by atoms with E-state index in [4.69, 9.17) is 20.3 Å². The van der Waals surface area contributed by atoms with E-state index in [-0.39, 0.29) is 12.2 Å². The predicted molar refractivity (Wildman–Crippen MR) is 85.4 cm³/mol. The molecular formula is C11H16N4O9P2. The van der Waals surface area contributed by atoms with Gasteiger partial charge in [-0.15, -0.1) is 0 Å². The fourth-order valence-electron chi connectivity index (χ4n) is 2.58. The first-order valence-electron chi connectivity index (χ1n) is 7.20. The summed E-state index contributed by atoms with van der Waals surface area (Å²) in [6.07, 6.45) is 0.290. The van der Waals surface area contributed by atoms with Crippen LogP contribution in [0, 0.1) is 0 Å². The Morgan fingerprint density at radius 3 is 2.77 bits per heavy atom. The number of phosphoric ester groups is 1. The topological polar surface area (TPSA) is 199 Å². The maximum Gasteiger partial charge on any atom is 0.481 e. The van der Waals surface area contributed by atoms with Crippen LogP contribution in [0.15, 0.2) is 18.6 Å². The highest BCUT2D eigenvalue weighted by atomic mass is 31.3. The second-order valence-electron chi connectivity index (χ2n) is 5.49. The highest BCUT2D eigenvalue weighted by Crippen LogP contribution is 2.57. The molecule has 144 valence electrons. The second kappa shape index (κ2) is 6.97. The third kappa shape index (κ3) is 4.29. The van der Waals surface area contributed by atoms with E-state index < -0.39 is 40.7 Å². The van der Waals surface area contributed by atoms with Crippen LogP contribution in [-0.4, -0.2) is 53.1 Å². The molecule has 1 unspecified atom stereocenters. The van der Waals surface area contributed by atoms with Crippen LogP contribution in [0.5, 0.6) is 0 Å². The van der Waals surface area contributed by atoms with Gasteiger partial charge in [-0.1, -0.05) is 0 Å². The predicted octanol–water partition coefficient (Wildman–Crippen LogP) is -0.112. The molecule has 3 rings (SSSR count). The maximum atomic E-state index is 11.5. The Kier molecular flexibility index (Phi) is 5.19. The zero-order chi connectivity index (χ0) is 19.1. The average Bonchev–Trinajstić information content (AvgIpc) is 3.07. The summed E-state index contributed by atoms with van der Waals surface area (Å²) in [4.78, 5) is 34.4. The molecule has 15 heteroatoms. The van der Waals surface area contributed by atoms with Gasteiger partial charge in [0.05, 0.1) is 18.1 Å². The van der Waals surface area contributed by atoms with Crippen molar-refractivity contribution in [1.29, 1.82) is 0 Å². The minimum absolute atomic E-state index is 0.122. The van der Waals surface area contributed by atoms with E-state index in [0.29, 0.717) is 11.0 Å². The van der Waals surface area contributed by atoms with E-state index in [1.165, 1.54) is 6.33 Å². The van der Waals surface area contributed by atoms with Gasteiger partial charge in [0.2, 0.25) is 0 Å². The largest absolute Gasteiger partial charge is 0.481 e. The first kappa shape index (κ1) is 19.4. The number of hydrogen-bond donors (Lipinski definition) is 5. The quantitative estimate of drug-likeness (QED) is 0.396. The summed E-state index contributed by atoms with van der Waals surface area (Å²) in [6.45, 7) is -0.623. The van der Waals surface area contributed by atoms with Gasteiger partial charge in [0.15, 0.2) is 0 Å². The number of nitrogens with two attached hydrogens (primary N) is 1. The molecule has 0 radical (unpaired) electrons. The summed E-state index contributed by atoms with van der Waals surface area (Å²) in [5, 5.41) is 10.7. The van der Waals surface area contributed by atoms with E-state index in [2.05, 4.69) is 18.8 Å². The normalized spacial score (nSPS) is 26.2. The van der Waals surface area contributed by atoms with Crippen molar-refractivity contribution in [2.75, 3.05) is 12.3 Å². The van der Waals surface area contributed by atoms with Crippen LogP contribution in [0.2, 0.25) is 0 Å². The van der Waals surface area contributed by atoms with Crippen LogP contribution in [0.25, 0.3) is 11.0 Å². The molecule has 3 heterocycles. The molecule has 2 aromatic heterocycles. The number of aliphatic hydroxyl groups is 1. The fraction of sp³-hybridized carbons (Fsp3) is 0.455. The van der Waals surface area contributed by atoms with Crippen molar-refractivity contribution in [3.63, 3.8) is 0 Å². The van der Waals surface area contributed by atoms with Crippen molar-refractivity contribution in [2.24, 2.45) is 0 Å². The molecular weight excluding hydrogens is 394 g/mol. The minimum atomic E-state index is -5.22. The lowest BCUT2D eigenvalue weighted by atomic mass is 10.2. The molecule has 1 aliphatic heterocycles. The molecule has 0 amide bonds. The summed E-state index contributed by atoms with van der Waals surface area (Å²) >= 11 is 0. The molecule has 4 atom stereocenters. The summed E-state index contributed by atoms with van der Waals surface area (Å²) in [6, 6.07) is 1.68. The lowest BCUT2D eigenvalue weighted by Gasteiger charge is -2.18. The van der Waals surface area contributed by atoms with Gasteiger partial charge in [0.25, 0.3) is 0 Å². The Balaban J connectivity index is 1.69. The van der Waals surface area contributed by atoms with Crippen molar-refractivity contribution in [1.82, 2.24) is 14.5 Å². The van der Waals surface area contributed by atoms with Gasteiger partial charge in [-0.25, -0.2) is 19.1 Å². The van der Waals surface area contributed by atoms with Crippen molar-refractivity contribution in [2.45, 2.75) is 24.9 Å². The Bertz CT molecular complexity index is 899. The number of ether oxygens (including phenoxy) is 1. The number of phosphoric acid groups is 2. The first-order chi connectivity index (χ1) is 12.1. The number of anilines is 1. The Morgan fingerprint density at radius 1 is 1.35 bits per heavy atom. The number of nitrogen functional groups attached to an aromatic ring is 1. The number of hydrogen-bond acceptors (Lipinski definition) is 9. The van der Waals surface area contributed by atoms with Gasteiger partial charge < -0.3 is 34.8 Å². The molecule has 0 bridgehead atoms. The number of nitrogens with zero attached hydrogens (tertiary/aromatic N) is 3. The standard InChI is InChI=1S/C11H16N4O9P2/c12-10-6-1-2-15(11(6)14-5-13-10)9-3-7(16)8(23-9)4-22-26(20,21)24-25(17,18)19/h1-2,5,7-9,16H,3-4H2,(H,20,21)(H2,12,13,14)(H2,17,18,19)/t7-,8+,9+/m0/s1. The van der Waals surface area contributed by atoms with Gasteiger partial charge >= 0.3 is 15.6 Å². The average molecular weight is 410 g/mol. The molecule has 26 heavy (non-hydrogen) atoms. The smallest absolute Gasteiger partial charge is 0.390 e. The second-order valence-corrected chi connectivity index (χ2v) is 8.32. The number of fused-ring (bicyclic) bond motifs is 1. The van der Waals surface area contributed by atoms with Crippen LogP contribution in [0.4, 0.5) is 5.82 Å². The molecule has 6 N–H and O–H groups in total. The highest BCUT2D eigenvalue weighted by Gasteiger charge is 2.39. The van der Waals surface area contributed by atoms with Crippen LogP contribution in [0.3, 0.4) is 0 Å². The van der Waals surface area contributed by atoms with Crippen LogP contribution in [0.1, 0.15) is 12.6 Å². The van der Waals surface area contributed by atoms with Crippen LogP contribution in [-0.2, 0) is 22.7 Å². The van der Waals surface area contributed by atoms with Gasteiger partial charge in [-0.2, -0.15) is 4.31 Å². The molecule has 0 aromatic carbocycles. The van der Waals surface area contributed by atoms with Crippen molar-refractivity contribution in [3.8, 4) is 0 Å². The molecule has 0 saturated carbocycles. The van der Waals surface area contributed by atoms with Gasteiger partial charge in [0, 0.05) is 12.6 Å². The van der Waals surface area contributed by atoms with E-state index in [0.717, 1.165) is 0 Å². The van der Waals surface area contributed by atoms with Crippen molar-refractivity contribution >= 4 is 32.5 Å². The van der Waals surface area contributed by atoms with E-state index in [9.17, 15) is 19.1 Å². The molecule has 0 spiro atoms. The maximum absolute atomic E-state index is 11.5. The van der Waals surface area contributed by atoms with Gasteiger partial charge in [-0.3, -0.25) is 4.52 Å². The summed E-state index contributed by atoms with van der Waals surface area (Å²) in [5.41, 5.74) is 6.24.